The summed E-state index contributed by atoms with van der Waals surface area (Å²) >= 11 is 0. The number of nitrogens with zero attached hydrogens (tertiary/aromatic N) is 1. The molecule has 1 N–H and O–H groups in total. The normalized spacial score (nSPS) is 25.3. The molecule has 4 heteroatoms. The van der Waals surface area contributed by atoms with Gasteiger partial charge < -0.3 is 14.6 Å². The molecule has 0 saturated carbocycles. The van der Waals surface area contributed by atoms with E-state index in [4.69, 9.17) is 9.47 Å². The Morgan fingerprint density at radius 3 is 2.50 bits per heavy atom. The molecule has 0 bridgehead atoms. The Bertz CT molecular complexity index is 644. The number of rotatable bonds is 3. The van der Waals surface area contributed by atoms with Gasteiger partial charge in [-0.15, -0.1) is 0 Å². The lowest BCUT2D eigenvalue weighted by Gasteiger charge is -2.22. The number of methoxy groups -OCH3 is 1. The molecule has 0 unspecified atom stereocenters. The van der Waals surface area contributed by atoms with Gasteiger partial charge in [-0.3, -0.25) is 4.90 Å². The van der Waals surface area contributed by atoms with Gasteiger partial charge in [-0.2, -0.15) is 0 Å². The standard InChI is InChI=1S/C18H21NO3/c1-12-17(13-7-5-4-6-8-13)22-18(19(12)2)14-9-10-15(20)16(11-14)21-3/h4-12,17-18,20H,1-3H3/t12-,17+,18+/m0/s1. The molecule has 1 aliphatic heterocycles. The largest absolute Gasteiger partial charge is 0.504 e. The molecule has 4 nitrogen and oxygen atoms in total. The summed E-state index contributed by atoms with van der Waals surface area (Å²) < 4.78 is 11.5. The fourth-order valence-corrected chi connectivity index (χ4v) is 2.94. The molecule has 1 saturated heterocycles. The number of likely N-dealkylation sites (N-methyl/N-ethyl adjacent to an activating group) is 1. The van der Waals surface area contributed by atoms with E-state index >= 15 is 0 Å². The van der Waals surface area contributed by atoms with E-state index in [2.05, 4.69) is 31.0 Å². The maximum Gasteiger partial charge on any atom is 0.160 e. The van der Waals surface area contributed by atoms with E-state index < -0.39 is 0 Å². The third-order valence-electron chi connectivity index (χ3n) is 4.34. The highest BCUT2D eigenvalue weighted by molar-refractivity contribution is 5.42. The van der Waals surface area contributed by atoms with Crippen molar-refractivity contribution in [3.63, 3.8) is 0 Å². The monoisotopic (exact) mass is 299 g/mol. The number of benzene rings is 2. The summed E-state index contributed by atoms with van der Waals surface area (Å²) in [5, 5.41) is 9.75. The summed E-state index contributed by atoms with van der Waals surface area (Å²) in [6.07, 6.45) is -0.134. The molecule has 0 spiro atoms. The molecule has 0 aromatic heterocycles. The molecule has 1 fully saturated rings. The van der Waals surface area contributed by atoms with Crippen LogP contribution >= 0.6 is 0 Å². The second-order valence-electron chi connectivity index (χ2n) is 5.66. The maximum absolute atomic E-state index is 9.75. The lowest BCUT2D eigenvalue weighted by molar-refractivity contribution is 0.00545. The molecule has 3 rings (SSSR count). The first-order valence-electron chi connectivity index (χ1n) is 7.41. The molecule has 2 aromatic carbocycles. The zero-order valence-corrected chi connectivity index (χ0v) is 13.1. The van der Waals surface area contributed by atoms with Gasteiger partial charge in [0.2, 0.25) is 0 Å². The zero-order chi connectivity index (χ0) is 15.7. The van der Waals surface area contributed by atoms with Crippen LogP contribution in [0.15, 0.2) is 48.5 Å². The number of phenols is 1. The van der Waals surface area contributed by atoms with Gasteiger partial charge in [-0.25, -0.2) is 0 Å². The lowest BCUT2D eigenvalue weighted by atomic mass is 10.0. The van der Waals surface area contributed by atoms with Crippen LogP contribution in [0, 0.1) is 0 Å². The fourth-order valence-electron chi connectivity index (χ4n) is 2.94. The third-order valence-corrected chi connectivity index (χ3v) is 4.34. The van der Waals surface area contributed by atoms with Crippen molar-refractivity contribution in [1.82, 2.24) is 4.90 Å². The quantitative estimate of drug-likeness (QED) is 0.942. The van der Waals surface area contributed by atoms with Gasteiger partial charge in [0, 0.05) is 6.04 Å². The molecule has 0 aliphatic carbocycles. The van der Waals surface area contributed by atoms with Crippen molar-refractivity contribution in [3.8, 4) is 11.5 Å². The number of aromatic hydroxyl groups is 1. The Labute approximate surface area is 130 Å². The minimum absolute atomic E-state index is 0.0241. The van der Waals surface area contributed by atoms with Gasteiger partial charge >= 0.3 is 0 Å². The van der Waals surface area contributed by atoms with E-state index in [-0.39, 0.29) is 24.1 Å². The fraction of sp³-hybridized carbons (Fsp3) is 0.333. The van der Waals surface area contributed by atoms with Crippen molar-refractivity contribution in [2.75, 3.05) is 14.2 Å². The van der Waals surface area contributed by atoms with Crippen LogP contribution < -0.4 is 4.74 Å². The lowest BCUT2D eigenvalue weighted by Crippen LogP contribution is -2.27. The van der Waals surface area contributed by atoms with E-state index in [1.807, 2.05) is 30.3 Å². The first-order valence-corrected chi connectivity index (χ1v) is 7.41. The highest BCUT2D eigenvalue weighted by atomic mass is 16.5. The number of hydrogen-bond donors (Lipinski definition) is 1. The smallest absolute Gasteiger partial charge is 0.160 e. The van der Waals surface area contributed by atoms with Crippen LogP contribution in [-0.4, -0.2) is 30.2 Å². The van der Waals surface area contributed by atoms with E-state index in [9.17, 15) is 5.11 Å². The SMILES string of the molecule is COc1cc([C@H]2O[C@@H](c3ccccc3)[C@H](C)N2C)ccc1O. The van der Waals surface area contributed by atoms with Crippen molar-refractivity contribution < 1.29 is 14.6 Å². The molecule has 0 amide bonds. The zero-order valence-electron chi connectivity index (χ0n) is 13.1. The van der Waals surface area contributed by atoms with Gasteiger partial charge in [0.25, 0.3) is 0 Å². The number of hydrogen-bond acceptors (Lipinski definition) is 4. The average molecular weight is 299 g/mol. The third kappa shape index (κ3) is 2.56. The first kappa shape index (κ1) is 14.9. The molecule has 0 radical (unpaired) electrons. The van der Waals surface area contributed by atoms with E-state index in [0.717, 1.165) is 5.56 Å². The maximum atomic E-state index is 9.75. The van der Waals surface area contributed by atoms with Crippen LogP contribution in [0.2, 0.25) is 0 Å². The van der Waals surface area contributed by atoms with Crippen LogP contribution in [0.3, 0.4) is 0 Å². The first-order chi connectivity index (χ1) is 10.6. The topological polar surface area (TPSA) is 41.9 Å². The summed E-state index contributed by atoms with van der Waals surface area (Å²) in [6, 6.07) is 15.9. The van der Waals surface area contributed by atoms with Gasteiger partial charge in [0.15, 0.2) is 11.5 Å². The van der Waals surface area contributed by atoms with Gasteiger partial charge in [-0.05, 0) is 37.2 Å². The molecule has 22 heavy (non-hydrogen) atoms. The highest BCUT2D eigenvalue weighted by Crippen LogP contribution is 2.42. The Balaban J connectivity index is 1.90. The summed E-state index contributed by atoms with van der Waals surface area (Å²) in [4.78, 5) is 2.20. The predicted molar refractivity (Wildman–Crippen MR) is 84.9 cm³/mol. The summed E-state index contributed by atoms with van der Waals surface area (Å²) in [5.41, 5.74) is 2.15. The van der Waals surface area contributed by atoms with E-state index in [0.29, 0.717) is 5.75 Å². The van der Waals surface area contributed by atoms with E-state index in [1.54, 1.807) is 13.2 Å². The second-order valence-corrected chi connectivity index (χ2v) is 5.66. The molecule has 1 heterocycles. The highest BCUT2D eigenvalue weighted by Gasteiger charge is 2.38. The van der Waals surface area contributed by atoms with Crippen molar-refractivity contribution in [1.29, 1.82) is 0 Å². The Hall–Kier alpha value is -2.04. The van der Waals surface area contributed by atoms with Crippen LogP contribution in [0.4, 0.5) is 0 Å². The molecule has 116 valence electrons. The van der Waals surface area contributed by atoms with Crippen molar-refractivity contribution in [2.45, 2.75) is 25.3 Å². The van der Waals surface area contributed by atoms with Crippen molar-refractivity contribution in [3.05, 3.63) is 59.7 Å². The average Bonchev–Trinajstić information content (AvgIpc) is 2.85. The number of ether oxygens (including phenoxy) is 2. The van der Waals surface area contributed by atoms with Gasteiger partial charge in [0.05, 0.1) is 7.11 Å². The summed E-state index contributed by atoms with van der Waals surface area (Å²) in [5.74, 6) is 0.602. The van der Waals surface area contributed by atoms with Crippen molar-refractivity contribution in [2.24, 2.45) is 0 Å². The van der Waals surface area contributed by atoms with Crippen LogP contribution in [0.5, 0.6) is 11.5 Å². The molecular weight excluding hydrogens is 278 g/mol. The van der Waals surface area contributed by atoms with Gasteiger partial charge in [-0.1, -0.05) is 36.4 Å². The summed E-state index contributed by atoms with van der Waals surface area (Å²) in [6.45, 7) is 2.16. The summed E-state index contributed by atoms with van der Waals surface area (Å²) in [7, 11) is 3.60. The molecular formula is C18H21NO3. The molecule has 2 aromatic rings. The van der Waals surface area contributed by atoms with E-state index in [1.165, 1.54) is 5.56 Å². The Kier molecular flexibility index (Phi) is 4.05. The molecule has 3 atom stereocenters. The molecule has 1 aliphatic rings. The minimum Gasteiger partial charge on any atom is -0.504 e. The second kappa shape index (κ2) is 5.99. The van der Waals surface area contributed by atoms with Gasteiger partial charge in [0.1, 0.15) is 12.3 Å². The van der Waals surface area contributed by atoms with Crippen LogP contribution in [0.1, 0.15) is 30.4 Å². The minimum atomic E-state index is -0.158. The Morgan fingerprint density at radius 2 is 1.82 bits per heavy atom. The Morgan fingerprint density at radius 1 is 1.09 bits per heavy atom. The van der Waals surface area contributed by atoms with Crippen molar-refractivity contribution >= 4 is 0 Å². The number of phenolic OH excluding ortho intramolecular Hbond substituents is 1. The van der Waals surface area contributed by atoms with Crippen LogP contribution in [0.25, 0.3) is 0 Å². The van der Waals surface area contributed by atoms with Crippen LogP contribution in [-0.2, 0) is 4.74 Å². The predicted octanol–water partition coefficient (Wildman–Crippen LogP) is 3.49.